The average Bonchev–Trinajstić information content (AvgIpc) is 3.42. The molecule has 1 aromatic carbocycles. The summed E-state index contributed by atoms with van der Waals surface area (Å²) in [6.45, 7) is 0.741. The third-order valence-electron chi connectivity index (χ3n) is 5.04. The van der Waals surface area contributed by atoms with Crippen LogP contribution in [0.5, 0.6) is 0 Å². The Labute approximate surface area is 170 Å². The number of pyridine rings is 1. The first-order chi connectivity index (χ1) is 13.7. The Morgan fingerprint density at radius 3 is 2.93 bits per heavy atom. The Morgan fingerprint density at radius 2 is 2.04 bits per heavy atom. The minimum atomic E-state index is -0.0243. The minimum absolute atomic E-state index is 0.0243. The van der Waals surface area contributed by atoms with Crippen LogP contribution in [0.3, 0.4) is 0 Å². The molecule has 0 N–H and O–H groups in total. The number of amides is 1. The summed E-state index contributed by atoms with van der Waals surface area (Å²) in [7, 11) is 0. The first-order valence-corrected chi connectivity index (χ1v) is 10.4. The Morgan fingerprint density at radius 1 is 1.18 bits per heavy atom. The fourth-order valence-corrected chi connectivity index (χ4v) is 5.06. The number of benzene rings is 1. The van der Waals surface area contributed by atoms with Gasteiger partial charge in [-0.05, 0) is 43.2 Å². The van der Waals surface area contributed by atoms with Crippen LogP contribution in [0, 0.1) is 0 Å². The van der Waals surface area contributed by atoms with E-state index in [0.717, 1.165) is 40.3 Å². The van der Waals surface area contributed by atoms with Crippen molar-refractivity contribution >= 4 is 50.8 Å². The molecule has 4 aromatic rings. The topological polar surface area (TPSA) is 50.5 Å². The Kier molecular flexibility index (Phi) is 4.37. The summed E-state index contributed by atoms with van der Waals surface area (Å²) < 4.78 is 3.03. The van der Waals surface area contributed by atoms with E-state index in [4.69, 9.17) is 16.6 Å². The van der Waals surface area contributed by atoms with Crippen molar-refractivity contribution in [1.82, 2.24) is 19.3 Å². The van der Waals surface area contributed by atoms with Gasteiger partial charge in [0.25, 0.3) is 0 Å². The molecule has 0 radical (unpaired) electrons. The van der Waals surface area contributed by atoms with Crippen molar-refractivity contribution in [3.05, 3.63) is 70.6 Å². The number of para-hydroxylation sites is 1. The van der Waals surface area contributed by atoms with Gasteiger partial charge >= 0.3 is 0 Å². The maximum atomic E-state index is 12.9. The van der Waals surface area contributed by atoms with Crippen LogP contribution >= 0.6 is 22.9 Å². The van der Waals surface area contributed by atoms with Crippen LogP contribution in [0.1, 0.15) is 29.6 Å². The quantitative estimate of drug-likeness (QED) is 0.449. The maximum Gasteiger partial charge on any atom is 0.247 e. The number of rotatable bonds is 3. The molecule has 0 spiro atoms. The van der Waals surface area contributed by atoms with Crippen molar-refractivity contribution in [3.8, 4) is 0 Å². The Hall–Kier alpha value is -2.70. The number of aromatic nitrogens is 3. The van der Waals surface area contributed by atoms with E-state index >= 15 is 0 Å². The predicted octanol–water partition coefficient (Wildman–Crippen LogP) is 4.97. The summed E-state index contributed by atoms with van der Waals surface area (Å²) in [6, 6.07) is 13.8. The molecule has 28 heavy (non-hydrogen) atoms. The number of halogens is 1. The monoisotopic (exact) mass is 408 g/mol. The first kappa shape index (κ1) is 17.4. The lowest BCUT2D eigenvalue weighted by atomic mass is 10.2. The lowest BCUT2D eigenvalue weighted by Gasteiger charge is -2.21. The van der Waals surface area contributed by atoms with E-state index in [9.17, 15) is 4.79 Å². The third kappa shape index (κ3) is 2.99. The van der Waals surface area contributed by atoms with Gasteiger partial charge in [0.15, 0.2) is 5.15 Å². The standard InChI is InChI=1S/C21H17ClN4OS/c22-20-15(25-12-4-3-9-18(25)24-20)10-11-19(27)26-13-5-7-16(26)21-23-14-6-1-2-8-17(14)28-21/h1-4,6,8-12,16H,5,7,13H2/b11-10+. The number of carbonyl (C=O) groups excluding carboxylic acids is 1. The van der Waals surface area contributed by atoms with Crippen LogP contribution < -0.4 is 0 Å². The lowest BCUT2D eigenvalue weighted by molar-refractivity contribution is -0.126. The normalized spacial score (nSPS) is 17.3. The molecule has 5 rings (SSSR count). The van der Waals surface area contributed by atoms with E-state index in [-0.39, 0.29) is 11.9 Å². The highest BCUT2D eigenvalue weighted by molar-refractivity contribution is 7.18. The molecule has 0 aliphatic carbocycles. The fraction of sp³-hybridized carbons (Fsp3) is 0.190. The highest BCUT2D eigenvalue weighted by Crippen LogP contribution is 2.36. The summed E-state index contributed by atoms with van der Waals surface area (Å²) >= 11 is 7.94. The number of hydrogen-bond acceptors (Lipinski definition) is 4. The van der Waals surface area contributed by atoms with Crippen LogP contribution in [-0.2, 0) is 4.79 Å². The van der Waals surface area contributed by atoms with Gasteiger partial charge in [0.2, 0.25) is 5.91 Å². The second-order valence-corrected chi connectivity index (χ2v) is 8.18. The zero-order valence-corrected chi connectivity index (χ0v) is 16.5. The van der Waals surface area contributed by atoms with Gasteiger partial charge in [-0.3, -0.25) is 9.20 Å². The van der Waals surface area contributed by atoms with E-state index in [1.165, 1.54) is 0 Å². The van der Waals surface area contributed by atoms with Crippen LogP contribution in [0.2, 0.25) is 5.15 Å². The van der Waals surface area contributed by atoms with Crippen molar-refractivity contribution in [2.24, 2.45) is 0 Å². The summed E-state index contributed by atoms with van der Waals surface area (Å²) in [5.74, 6) is -0.0243. The summed E-state index contributed by atoms with van der Waals surface area (Å²) in [6.07, 6.45) is 7.15. The molecule has 1 aliphatic heterocycles. The second kappa shape index (κ2) is 7.04. The van der Waals surface area contributed by atoms with Gasteiger partial charge in [0, 0.05) is 18.8 Å². The molecule has 1 atom stereocenters. The highest BCUT2D eigenvalue weighted by atomic mass is 35.5. The number of fused-ring (bicyclic) bond motifs is 2. The van der Waals surface area contributed by atoms with E-state index in [0.29, 0.717) is 10.8 Å². The molecule has 1 amide bonds. The SMILES string of the molecule is O=C(/C=C/c1c(Cl)nc2ccccn12)N1CCCC1c1nc2ccccc2s1. The second-order valence-electron chi connectivity index (χ2n) is 6.76. The van der Waals surface area contributed by atoms with Crippen molar-refractivity contribution in [1.29, 1.82) is 0 Å². The fourth-order valence-electron chi connectivity index (χ4n) is 3.70. The smallest absolute Gasteiger partial charge is 0.247 e. The molecular weight excluding hydrogens is 392 g/mol. The lowest BCUT2D eigenvalue weighted by Crippen LogP contribution is -2.28. The zero-order chi connectivity index (χ0) is 19.1. The van der Waals surface area contributed by atoms with E-state index in [1.807, 2.05) is 51.9 Å². The summed E-state index contributed by atoms with van der Waals surface area (Å²) in [5, 5.41) is 1.40. The molecule has 1 aliphatic rings. The van der Waals surface area contributed by atoms with E-state index in [1.54, 1.807) is 23.5 Å². The van der Waals surface area contributed by atoms with Crippen LogP contribution in [-0.4, -0.2) is 31.7 Å². The molecule has 1 fully saturated rings. The van der Waals surface area contributed by atoms with Gasteiger partial charge in [-0.15, -0.1) is 11.3 Å². The Balaban J connectivity index is 1.42. The summed E-state index contributed by atoms with van der Waals surface area (Å²) in [5.41, 5.74) is 2.46. The van der Waals surface area contributed by atoms with Gasteiger partial charge in [0.1, 0.15) is 10.7 Å². The van der Waals surface area contributed by atoms with Crippen LogP contribution in [0.15, 0.2) is 54.7 Å². The molecule has 4 heterocycles. The highest BCUT2D eigenvalue weighted by Gasteiger charge is 2.31. The van der Waals surface area contributed by atoms with Gasteiger partial charge in [-0.2, -0.15) is 0 Å². The van der Waals surface area contributed by atoms with Gasteiger partial charge < -0.3 is 4.90 Å². The Bertz CT molecular complexity index is 1180. The van der Waals surface area contributed by atoms with Gasteiger partial charge in [-0.25, -0.2) is 9.97 Å². The molecule has 7 heteroatoms. The van der Waals surface area contributed by atoms with Crippen molar-refractivity contribution < 1.29 is 4.79 Å². The zero-order valence-electron chi connectivity index (χ0n) is 15.0. The van der Waals surface area contributed by atoms with Crippen molar-refractivity contribution in [2.45, 2.75) is 18.9 Å². The van der Waals surface area contributed by atoms with Crippen LogP contribution in [0.4, 0.5) is 0 Å². The third-order valence-corrected chi connectivity index (χ3v) is 6.45. The maximum absolute atomic E-state index is 12.9. The molecule has 140 valence electrons. The number of hydrogen-bond donors (Lipinski definition) is 0. The number of likely N-dealkylation sites (tertiary alicyclic amines) is 1. The molecule has 1 saturated heterocycles. The molecule has 5 nitrogen and oxygen atoms in total. The molecule has 0 saturated carbocycles. The van der Waals surface area contributed by atoms with Gasteiger partial charge in [0.05, 0.1) is 22.0 Å². The molecular formula is C21H17ClN4OS. The number of carbonyl (C=O) groups is 1. The van der Waals surface area contributed by atoms with E-state index < -0.39 is 0 Å². The number of imidazole rings is 1. The largest absolute Gasteiger partial charge is 0.330 e. The molecule has 0 bridgehead atoms. The number of nitrogens with zero attached hydrogens (tertiary/aromatic N) is 4. The molecule has 3 aromatic heterocycles. The van der Waals surface area contributed by atoms with Gasteiger partial charge in [-0.1, -0.05) is 29.8 Å². The first-order valence-electron chi connectivity index (χ1n) is 9.17. The van der Waals surface area contributed by atoms with E-state index in [2.05, 4.69) is 11.1 Å². The summed E-state index contributed by atoms with van der Waals surface area (Å²) in [4.78, 5) is 23.9. The molecule has 1 unspecified atom stereocenters. The van der Waals surface area contributed by atoms with Crippen LogP contribution in [0.25, 0.3) is 21.9 Å². The predicted molar refractivity (Wildman–Crippen MR) is 113 cm³/mol. The minimum Gasteiger partial charge on any atom is -0.330 e. The van der Waals surface area contributed by atoms with Crippen molar-refractivity contribution in [2.75, 3.05) is 6.54 Å². The van der Waals surface area contributed by atoms with Crippen molar-refractivity contribution in [3.63, 3.8) is 0 Å². The number of thiazole rings is 1. The average molecular weight is 409 g/mol.